The van der Waals surface area contributed by atoms with Crippen LogP contribution in [0.25, 0.3) is 0 Å². The molecule has 0 aromatic heterocycles. The van der Waals surface area contributed by atoms with Gasteiger partial charge >= 0.3 is 6.03 Å². The first-order valence-corrected chi connectivity index (χ1v) is 10.8. The highest BCUT2D eigenvalue weighted by Gasteiger charge is 2.24. The van der Waals surface area contributed by atoms with Crippen molar-refractivity contribution in [1.82, 2.24) is 10.2 Å². The molecule has 0 aliphatic rings. The predicted molar refractivity (Wildman–Crippen MR) is 122 cm³/mol. The molecule has 0 fully saturated rings. The minimum atomic E-state index is -2.98. The van der Waals surface area contributed by atoms with Crippen molar-refractivity contribution in [3.05, 3.63) is 57.6 Å². The van der Waals surface area contributed by atoms with E-state index in [9.17, 15) is 13.6 Å². The minimum Gasteiger partial charge on any atom is -0.491 e. The van der Waals surface area contributed by atoms with Crippen LogP contribution in [0.4, 0.5) is 19.3 Å². The molecule has 0 aliphatic heterocycles. The lowest BCUT2D eigenvalue weighted by Gasteiger charge is -2.18. The topological polar surface area (TPSA) is 53.6 Å². The molecule has 0 aliphatic carbocycles. The number of carbonyl (C=O) groups excluding carboxylic acids is 1. The zero-order chi connectivity index (χ0) is 23.0. The van der Waals surface area contributed by atoms with Gasteiger partial charge in [-0.05, 0) is 42.9 Å². The summed E-state index contributed by atoms with van der Waals surface area (Å²) in [6.07, 6.45) is 0. The number of carbonyl (C=O) groups is 1. The molecule has 0 unspecified atom stereocenters. The van der Waals surface area contributed by atoms with Gasteiger partial charge in [0, 0.05) is 36.3 Å². The van der Waals surface area contributed by atoms with Crippen molar-refractivity contribution in [2.45, 2.75) is 33.2 Å². The van der Waals surface area contributed by atoms with E-state index in [4.69, 9.17) is 27.9 Å². The summed E-state index contributed by atoms with van der Waals surface area (Å²) < 4.78 is 32.4. The lowest BCUT2D eigenvalue weighted by atomic mass is 10.1. The summed E-state index contributed by atoms with van der Waals surface area (Å²) in [5.41, 5.74) is 0.838. The zero-order valence-electron chi connectivity index (χ0n) is 17.8. The molecular weight excluding hydrogens is 447 g/mol. The van der Waals surface area contributed by atoms with Crippen LogP contribution in [-0.4, -0.2) is 37.2 Å². The molecule has 2 rings (SSSR count). The van der Waals surface area contributed by atoms with Gasteiger partial charge in [0.1, 0.15) is 12.4 Å². The number of anilines is 1. The second-order valence-electron chi connectivity index (χ2n) is 7.02. The SMILES string of the molecule is CCN(CC)CCOc1ccc(NC(=O)NCc2ccc(C(C)(F)F)cc2Cl)cc1Cl. The van der Waals surface area contributed by atoms with Gasteiger partial charge in [0.25, 0.3) is 5.92 Å². The first-order valence-electron chi connectivity index (χ1n) is 10.00. The Morgan fingerprint density at radius 1 is 1.10 bits per heavy atom. The van der Waals surface area contributed by atoms with Crippen molar-refractivity contribution in [3.8, 4) is 5.75 Å². The maximum absolute atomic E-state index is 13.4. The number of halogens is 4. The number of hydrogen-bond acceptors (Lipinski definition) is 3. The standard InChI is InChI=1S/C22H27Cl2F2N3O2/c1-4-29(5-2)10-11-31-20-9-8-17(13-19(20)24)28-21(30)27-14-15-6-7-16(12-18(15)23)22(3,25)26/h6-9,12-13H,4-5,10-11,14H2,1-3H3,(H2,27,28,30). The molecule has 2 aromatic carbocycles. The molecule has 0 saturated carbocycles. The van der Waals surface area contributed by atoms with Crippen molar-refractivity contribution in [2.75, 3.05) is 31.6 Å². The van der Waals surface area contributed by atoms with Gasteiger partial charge in [-0.3, -0.25) is 0 Å². The van der Waals surface area contributed by atoms with E-state index < -0.39 is 12.0 Å². The molecule has 0 heterocycles. The summed E-state index contributed by atoms with van der Waals surface area (Å²) in [6, 6.07) is 8.46. The number of amides is 2. The van der Waals surface area contributed by atoms with E-state index in [2.05, 4.69) is 29.4 Å². The molecule has 31 heavy (non-hydrogen) atoms. The monoisotopic (exact) mass is 473 g/mol. The summed E-state index contributed by atoms with van der Waals surface area (Å²) in [6.45, 7) is 8.28. The van der Waals surface area contributed by atoms with Crippen molar-refractivity contribution < 1.29 is 18.3 Å². The first kappa shape index (κ1) is 25.2. The highest BCUT2D eigenvalue weighted by atomic mass is 35.5. The number of ether oxygens (including phenoxy) is 1. The second kappa shape index (κ2) is 11.5. The molecule has 0 radical (unpaired) electrons. The van der Waals surface area contributed by atoms with Crippen LogP contribution in [0.3, 0.4) is 0 Å². The Kier molecular flexibility index (Phi) is 9.34. The number of nitrogens with zero attached hydrogens (tertiary/aromatic N) is 1. The lowest BCUT2D eigenvalue weighted by molar-refractivity contribution is 0.0174. The van der Waals surface area contributed by atoms with Crippen LogP contribution in [0, 0.1) is 0 Å². The Bertz CT molecular complexity index is 888. The number of benzene rings is 2. The van der Waals surface area contributed by atoms with Gasteiger partial charge in [-0.1, -0.05) is 49.2 Å². The number of likely N-dealkylation sites (N-methyl/N-ethyl adjacent to an activating group) is 1. The Labute approximate surface area is 191 Å². The Balaban J connectivity index is 1.87. The quantitative estimate of drug-likeness (QED) is 0.435. The van der Waals surface area contributed by atoms with E-state index in [1.54, 1.807) is 18.2 Å². The molecule has 2 N–H and O–H groups in total. The average molecular weight is 474 g/mol. The summed E-state index contributed by atoms with van der Waals surface area (Å²) >= 11 is 12.3. The largest absolute Gasteiger partial charge is 0.491 e. The van der Waals surface area contributed by atoms with Gasteiger partial charge in [-0.2, -0.15) is 0 Å². The molecule has 9 heteroatoms. The lowest BCUT2D eigenvalue weighted by Crippen LogP contribution is -2.28. The highest BCUT2D eigenvalue weighted by molar-refractivity contribution is 6.32. The van der Waals surface area contributed by atoms with Crippen LogP contribution in [-0.2, 0) is 12.5 Å². The second-order valence-corrected chi connectivity index (χ2v) is 7.84. The van der Waals surface area contributed by atoms with E-state index in [0.717, 1.165) is 26.6 Å². The normalized spacial score (nSPS) is 11.5. The Hall–Kier alpha value is -2.09. The van der Waals surface area contributed by atoms with Crippen molar-refractivity contribution in [2.24, 2.45) is 0 Å². The summed E-state index contributed by atoms with van der Waals surface area (Å²) in [4.78, 5) is 14.4. The summed E-state index contributed by atoms with van der Waals surface area (Å²) in [7, 11) is 0. The molecule has 170 valence electrons. The molecule has 2 amide bonds. The molecule has 5 nitrogen and oxygen atoms in total. The number of urea groups is 1. The maximum Gasteiger partial charge on any atom is 0.319 e. The molecular formula is C22H27Cl2F2N3O2. The van der Waals surface area contributed by atoms with Crippen LogP contribution in [0.1, 0.15) is 31.9 Å². The highest BCUT2D eigenvalue weighted by Crippen LogP contribution is 2.30. The summed E-state index contributed by atoms with van der Waals surface area (Å²) in [5, 5.41) is 5.85. The van der Waals surface area contributed by atoms with Gasteiger partial charge < -0.3 is 20.3 Å². The van der Waals surface area contributed by atoms with Gasteiger partial charge in [-0.15, -0.1) is 0 Å². The van der Waals surface area contributed by atoms with Crippen LogP contribution >= 0.6 is 23.2 Å². The third-order valence-electron chi connectivity index (χ3n) is 4.75. The number of rotatable bonds is 10. The van der Waals surface area contributed by atoms with Gasteiger partial charge in [-0.25, -0.2) is 13.6 Å². The van der Waals surface area contributed by atoms with Crippen LogP contribution in [0.2, 0.25) is 10.0 Å². The van der Waals surface area contributed by atoms with Crippen molar-refractivity contribution >= 4 is 34.9 Å². The third kappa shape index (κ3) is 7.83. The van der Waals surface area contributed by atoms with E-state index in [0.29, 0.717) is 28.6 Å². The zero-order valence-corrected chi connectivity index (χ0v) is 19.3. The first-order chi connectivity index (χ1) is 14.6. The molecule has 2 aromatic rings. The smallest absolute Gasteiger partial charge is 0.319 e. The van der Waals surface area contributed by atoms with E-state index in [1.807, 2.05) is 0 Å². The van der Waals surface area contributed by atoms with Crippen molar-refractivity contribution in [1.29, 1.82) is 0 Å². The van der Waals surface area contributed by atoms with E-state index in [1.165, 1.54) is 18.2 Å². The maximum atomic E-state index is 13.4. The molecule has 0 saturated heterocycles. The minimum absolute atomic E-state index is 0.0838. The van der Waals surface area contributed by atoms with Gasteiger partial charge in [0.2, 0.25) is 0 Å². The van der Waals surface area contributed by atoms with Gasteiger partial charge in [0.05, 0.1) is 5.02 Å². The average Bonchev–Trinajstić information content (AvgIpc) is 2.71. The van der Waals surface area contributed by atoms with Crippen LogP contribution < -0.4 is 15.4 Å². The molecule has 0 atom stereocenters. The Morgan fingerprint density at radius 3 is 2.39 bits per heavy atom. The fourth-order valence-electron chi connectivity index (χ4n) is 2.83. The third-order valence-corrected chi connectivity index (χ3v) is 5.40. The number of nitrogens with one attached hydrogen (secondary N) is 2. The fraction of sp³-hybridized carbons (Fsp3) is 0.409. The van der Waals surface area contributed by atoms with E-state index >= 15 is 0 Å². The predicted octanol–water partition coefficient (Wildman–Crippen LogP) is 6.15. The van der Waals surface area contributed by atoms with Crippen LogP contribution in [0.15, 0.2) is 36.4 Å². The molecule has 0 bridgehead atoms. The van der Waals surface area contributed by atoms with Gasteiger partial charge in [0.15, 0.2) is 0 Å². The van der Waals surface area contributed by atoms with Crippen LogP contribution in [0.5, 0.6) is 5.75 Å². The Morgan fingerprint density at radius 2 is 1.81 bits per heavy atom. The fourth-order valence-corrected chi connectivity index (χ4v) is 3.32. The number of alkyl halides is 2. The van der Waals surface area contributed by atoms with E-state index in [-0.39, 0.29) is 17.1 Å². The molecule has 0 spiro atoms. The van der Waals surface area contributed by atoms with Crippen molar-refractivity contribution in [3.63, 3.8) is 0 Å². The summed E-state index contributed by atoms with van der Waals surface area (Å²) in [5.74, 6) is -2.44. The number of hydrogen-bond donors (Lipinski definition) is 2.